The predicted molar refractivity (Wildman–Crippen MR) is 81.4 cm³/mol. The Kier molecular flexibility index (Phi) is 4.19. The molecule has 1 heterocycles. The number of hydrogen-bond acceptors (Lipinski definition) is 3. The Hall–Kier alpha value is -1.11. The SMILES string of the molecule is CN(C1CCCCC1)S(=O)(=O)NC1COc2ccccc21. The topological polar surface area (TPSA) is 58.6 Å². The molecule has 1 aliphatic heterocycles. The molecule has 1 saturated carbocycles. The Bertz CT molecular complexity index is 597. The highest BCUT2D eigenvalue weighted by atomic mass is 32.2. The van der Waals surface area contributed by atoms with Gasteiger partial charge in [-0.1, -0.05) is 37.5 Å². The number of nitrogens with one attached hydrogen (secondary N) is 1. The van der Waals surface area contributed by atoms with Gasteiger partial charge in [0.25, 0.3) is 10.2 Å². The number of rotatable bonds is 4. The quantitative estimate of drug-likeness (QED) is 0.927. The first-order valence-corrected chi connectivity index (χ1v) is 8.99. The van der Waals surface area contributed by atoms with Crippen molar-refractivity contribution in [3.05, 3.63) is 29.8 Å². The lowest BCUT2D eigenvalue weighted by atomic mass is 9.96. The molecule has 2 aliphatic rings. The number of ether oxygens (including phenoxy) is 1. The molecular weight excluding hydrogens is 288 g/mol. The molecule has 3 rings (SSSR count). The van der Waals surface area contributed by atoms with Crippen molar-refractivity contribution in [2.24, 2.45) is 0 Å². The van der Waals surface area contributed by atoms with Crippen molar-refractivity contribution in [2.75, 3.05) is 13.7 Å². The van der Waals surface area contributed by atoms with Crippen LogP contribution in [-0.4, -0.2) is 32.4 Å². The van der Waals surface area contributed by atoms with Crippen molar-refractivity contribution in [1.82, 2.24) is 9.03 Å². The van der Waals surface area contributed by atoms with Crippen molar-refractivity contribution < 1.29 is 13.2 Å². The predicted octanol–water partition coefficient (Wildman–Crippen LogP) is 2.22. The number of fused-ring (bicyclic) bond motifs is 1. The summed E-state index contributed by atoms with van der Waals surface area (Å²) in [5, 5.41) is 0. The van der Waals surface area contributed by atoms with E-state index in [-0.39, 0.29) is 12.1 Å². The Morgan fingerprint density at radius 2 is 1.90 bits per heavy atom. The van der Waals surface area contributed by atoms with Crippen molar-refractivity contribution >= 4 is 10.2 Å². The van der Waals surface area contributed by atoms with E-state index < -0.39 is 10.2 Å². The first-order chi connectivity index (χ1) is 10.1. The van der Waals surface area contributed by atoms with E-state index in [4.69, 9.17) is 4.74 Å². The Balaban J connectivity index is 1.72. The second-order valence-electron chi connectivity index (χ2n) is 5.83. The molecule has 1 aromatic rings. The summed E-state index contributed by atoms with van der Waals surface area (Å²) < 4.78 is 34.9. The smallest absolute Gasteiger partial charge is 0.280 e. The van der Waals surface area contributed by atoms with E-state index in [1.54, 1.807) is 7.05 Å². The van der Waals surface area contributed by atoms with Gasteiger partial charge in [0.15, 0.2) is 0 Å². The fourth-order valence-electron chi connectivity index (χ4n) is 3.16. The summed E-state index contributed by atoms with van der Waals surface area (Å²) in [7, 11) is -1.80. The second-order valence-corrected chi connectivity index (χ2v) is 7.59. The Labute approximate surface area is 126 Å². The van der Waals surface area contributed by atoms with Crippen LogP contribution in [0.2, 0.25) is 0 Å². The molecule has 0 amide bonds. The summed E-state index contributed by atoms with van der Waals surface area (Å²) >= 11 is 0. The lowest BCUT2D eigenvalue weighted by molar-refractivity contribution is 0.277. The van der Waals surface area contributed by atoms with Gasteiger partial charge < -0.3 is 4.74 Å². The molecule has 5 nitrogen and oxygen atoms in total. The van der Waals surface area contributed by atoms with Gasteiger partial charge in [0.05, 0.1) is 6.04 Å². The van der Waals surface area contributed by atoms with Crippen LogP contribution in [0.3, 0.4) is 0 Å². The molecule has 0 radical (unpaired) electrons. The van der Waals surface area contributed by atoms with E-state index in [1.807, 2.05) is 24.3 Å². The van der Waals surface area contributed by atoms with E-state index >= 15 is 0 Å². The summed E-state index contributed by atoms with van der Waals surface area (Å²) in [6.45, 7) is 0.358. The zero-order valence-electron chi connectivity index (χ0n) is 12.3. The highest BCUT2D eigenvalue weighted by Crippen LogP contribution is 2.32. The molecule has 1 fully saturated rings. The van der Waals surface area contributed by atoms with Gasteiger partial charge in [-0.25, -0.2) is 0 Å². The van der Waals surface area contributed by atoms with Crippen molar-refractivity contribution in [3.8, 4) is 5.75 Å². The molecule has 1 atom stereocenters. The minimum atomic E-state index is -3.48. The zero-order valence-corrected chi connectivity index (χ0v) is 13.1. The molecule has 1 unspecified atom stereocenters. The third kappa shape index (κ3) is 3.07. The van der Waals surface area contributed by atoms with E-state index in [9.17, 15) is 8.42 Å². The van der Waals surface area contributed by atoms with E-state index in [2.05, 4.69) is 4.72 Å². The lowest BCUT2D eigenvalue weighted by Crippen LogP contribution is -2.46. The van der Waals surface area contributed by atoms with Crippen LogP contribution < -0.4 is 9.46 Å². The molecule has 1 aliphatic carbocycles. The summed E-state index contributed by atoms with van der Waals surface area (Å²) in [6, 6.07) is 7.40. The van der Waals surface area contributed by atoms with Gasteiger partial charge >= 0.3 is 0 Å². The largest absolute Gasteiger partial charge is 0.491 e. The minimum absolute atomic E-state index is 0.119. The van der Waals surface area contributed by atoms with Crippen LogP contribution in [0.15, 0.2) is 24.3 Å². The summed E-state index contributed by atoms with van der Waals surface area (Å²) in [6.07, 6.45) is 5.34. The second kappa shape index (κ2) is 5.94. The number of benzene rings is 1. The number of para-hydroxylation sites is 1. The van der Waals surface area contributed by atoms with Crippen molar-refractivity contribution in [3.63, 3.8) is 0 Å². The fourth-order valence-corrected chi connectivity index (χ4v) is 4.49. The van der Waals surface area contributed by atoms with Crippen LogP contribution in [0.5, 0.6) is 5.75 Å². The maximum atomic E-state index is 12.6. The standard InChI is InChI=1S/C15H22N2O3S/c1-17(12-7-3-2-4-8-12)21(18,19)16-14-11-20-15-10-6-5-9-13(14)15/h5-6,9-10,12,14,16H,2-4,7-8,11H2,1H3. The minimum Gasteiger partial charge on any atom is -0.491 e. The third-order valence-electron chi connectivity index (χ3n) is 4.46. The average Bonchev–Trinajstić information content (AvgIpc) is 2.90. The highest BCUT2D eigenvalue weighted by molar-refractivity contribution is 7.87. The van der Waals surface area contributed by atoms with Gasteiger partial charge in [-0.3, -0.25) is 0 Å². The van der Waals surface area contributed by atoms with Gasteiger partial charge in [0.2, 0.25) is 0 Å². The molecule has 21 heavy (non-hydrogen) atoms. The molecule has 6 heteroatoms. The first-order valence-electron chi connectivity index (χ1n) is 7.55. The molecule has 1 aromatic carbocycles. The number of hydrogen-bond donors (Lipinski definition) is 1. The van der Waals surface area contributed by atoms with Gasteiger partial charge in [-0.2, -0.15) is 17.4 Å². The molecular formula is C15H22N2O3S. The lowest BCUT2D eigenvalue weighted by Gasteiger charge is -2.31. The average molecular weight is 310 g/mol. The normalized spacial score (nSPS) is 23.0. The first kappa shape index (κ1) is 14.8. The van der Waals surface area contributed by atoms with Crippen molar-refractivity contribution in [1.29, 1.82) is 0 Å². The van der Waals surface area contributed by atoms with Crippen LogP contribution >= 0.6 is 0 Å². The van der Waals surface area contributed by atoms with E-state index in [0.717, 1.165) is 37.0 Å². The molecule has 0 bridgehead atoms. The molecule has 0 aromatic heterocycles. The van der Waals surface area contributed by atoms with Crippen molar-refractivity contribution in [2.45, 2.75) is 44.2 Å². The molecule has 116 valence electrons. The third-order valence-corrected chi connectivity index (χ3v) is 6.10. The highest BCUT2D eigenvalue weighted by Gasteiger charge is 2.33. The summed E-state index contributed by atoms with van der Waals surface area (Å²) in [4.78, 5) is 0. The van der Waals surface area contributed by atoms with E-state index in [0.29, 0.717) is 6.61 Å². The van der Waals surface area contributed by atoms with Crippen LogP contribution in [0, 0.1) is 0 Å². The summed E-state index contributed by atoms with van der Waals surface area (Å²) in [5.41, 5.74) is 0.915. The van der Waals surface area contributed by atoms with Gasteiger partial charge in [0, 0.05) is 18.7 Å². The Morgan fingerprint density at radius 1 is 1.19 bits per heavy atom. The molecule has 0 saturated heterocycles. The maximum Gasteiger partial charge on any atom is 0.280 e. The Morgan fingerprint density at radius 3 is 2.67 bits per heavy atom. The molecule has 0 spiro atoms. The maximum absolute atomic E-state index is 12.6. The van der Waals surface area contributed by atoms with Crippen LogP contribution in [0.1, 0.15) is 43.7 Å². The fraction of sp³-hybridized carbons (Fsp3) is 0.600. The van der Waals surface area contributed by atoms with E-state index in [1.165, 1.54) is 10.7 Å². The summed E-state index contributed by atoms with van der Waals surface area (Å²) in [5.74, 6) is 0.769. The van der Waals surface area contributed by atoms with Gasteiger partial charge in [-0.05, 0) is 18.9 Å². The monoisotopic (exact) mass is 310 g/mol. The number of nitrogens with zero attached hydrogens (tertiary/aromatic N) is 1. The van der Waals surface area contributed by atoms with Crippen LogP contribution in [0.25, 0.3) is 0 Å². The van der Waals surface area contributed by atoms with Crippen LogP contribution in [-0.2, 0) is 10.2 Å². The molecule has 1 N–H and O–H groups in total. The van der Waals surface area contributed by atoms with Gasteiger partial charge in [-0.15, -0.1) is 0 Å². The van der Waals surface area contributed by atoms with Crippen LogP contribution in [0.4, 0.5) is 0 Å². The van der Waals surface area contributed by atoms with Gasteiger partial charge in [0.1, 0.15) is 12.4 Å². The zero-order chi connectivity index (χ0) is 14.9.